The molecule has 2 heterocycles. The fourth-order valence-corrected chi connectivity index (χ4v) is 3.16. The molecule has 20 heavy (non-hydrogen) atoms. The standard InChI is InChI=1S/C15H25ClN4/c1-10-12(17)13(19-14(16)18-10)20-8-5-6-11(7-9-20)15(2,3)4/h11H,5-9,17H2,1-4H3. The van der Waals surface area contributed by atoms with E-state index in [2.05, 4.69) is 35.6 Å². The van der Waals surface area contributed by atoms with E-state index in [1.54, 1.807) is 0 Å². The minimum Gasteiger partial charge on any atom is -0.394 e. The summed E-state index contributed by atoms with van der Waals surface area (Å²) in [5, 5.41) is 0.281. The Morgan fingerprint density at radius 3 is 2.55 bits per heavy atom. The highest BCUT2D eigenvalue weighted by atomic mass is 35.5. The first-order chi connectivity index (χ1) is 9.29. The molecule has 0 spiro atoms. The fraction of sp³-hybridized carbons (Fsp3) is 0.733. The van der Waals surface area contributed by atoms with Gasteiger partial charge in [-0.2, -0.15) is 4.98 Å². The number of rotatable bonds is 1. The van der Waals surface area contributed by atoms with Crippen LogP contribution in [-0.4, -0.2) is 23.1 Å². The van der Waals surface area contributed by atoms with Crippen LogP contribution in [0.4, 0.5) is 11.5 Å². The summed E-state index contributed by atoms with van der Waals surface area (Å²) in [6.07, 6.45) is 3.60. The van der Waals surface area contributed by atoms with Crippen LogP contribution in [-0.2, 0) is 0 Å². The lowest BCUT2D eigenvalue weighted by molar-refractivity contribution is 0.220. The van der Waals surface area contributed by atoms with Crippen molar-refractivity contribution in [2.24, 2.45) is 11.3 Å². The van der Waals surface area contributed by atoms with Gasteiger partial charge in [0.1, 0.15) is 0 Å². The number of halogens is 1. The maximum Gasteiger partial charge on any atom is 0.224 e. The largest absolute Gasteiger partial charge is 0.394 e. The Morgan fingerprint density at radius 2 is 1.90 bits per heavy atom. The van der Waals surface area contributed by atoms with Gasteiger partial charge in [0, 0.05) is 13.1 Å². The predicted molar refractivity (Wildman–Crippen MR) is 85.2 cm³/mol. The number of nitrogens with zero attached hydrogens (tertiary/aromatic N) is 3. The second kappa shape index (κ2) is 5.76. The monoisotopic (exact) mass is 296 g/mol. The van der Waals surface area contributed by atoms with E-state index in [4.69, 9.17) is 17.3 Å². The average molecular weight is 297 g/mol. The lowest BCUT2D eigenvalue weighted by Gasteiger charge is -2.30. The van der Waals surface area contributed by atoms with Gasteiger partial charge in [0.15, 0.2) is 5.82 Å². The lowest BCUT2D eigenvalue weighted by atomic mass is 9.77. The number of anilines is 2. The van der Waals surface area contributed by atoms with Gasteiger partial charge in [-0.3, -0.25) is 0 Å². The van der Waals surface area contributed by atoms with Crippen LogP contribution in [0.15, 0.2) is 0 Å². The maximum atomic E-state index is 6.13. The molecule has 1 aromatic heterocycles. The average Bonchev–Trinajstić information content (AvgIpc) is 2.58. The second-order valence-corrected chi connectivity index (χ2v) is 7.13. The van der Waals surface area contributed by atoms with Gasteiger partial charge < -0.3 is 10.6 Å². The molecule has 1 aliphatic heterocycles. The molecule has 0 bridgehead atoms. The zero-order valence-electron chi connectivity index (χ0n) is 12.9. The van der Waals surface area contributed by atoms with Crippen molar-refractivity contribution in [2.45, 2.75) is 47.0 Å². The van der Waals surface area contributed by atoms with Crippen LogP contribution < -0.4 is 10.6 Å². The van der Waals surface area contributed by atoms with E-state index >= 15 is 0 Å². The summed E-state index contributed by atoms with van der Waals surface area (Å²) in [5.41, 5.74) is 7.91. The van der Waals surface area contributed by atoms with E-state index in [-0.39, 0.29) is 5.28 Å². The first-order valence-corrected chi connectivity index (χ1v) is 7.71. The van der Waals surface area contributed by atoms with Crippen LogP contribution in [0.2, 0.25) is 5.28 Å². The second-order valence-electron chi connectivity index (χ2n) is 6.80. The highest BCUT2D eigenvalue weighted by Crippen LogP contribution is 2.36. The van der Waals surface area contributed by atoms with Crippen molar-refractivity contribution in [3.63, 3.8) is 0 Å². The SMILES string of the molecule is Cc1nc(Cl)nc(N2CCCC(C(C)(C)C)CC2)c1N. The smallest absolute Gasteiger partial charge is 0.224 e. The van der Waals surface area contributed by atoms with Crippen LogP contribution in [0.5, 0.6) is 0 Å². The molecule has 0 aromatic carbocycles. The number of nitrogen functional groups attached to an aromatic ring is 1. The molecule has 0 saturated carbocycles. The third kappa shape index (κ3) is 3.35. The van der Waals surface area contributed by atoms with E-state index in [9.17, 15) is 0 Å². The van der Waals surface area contributed by atoms with Crippen LogP contribution in [0.25, 0.3) is 0 Å². The maximum absolute atomic E-state index is 6.13. The summed E-state index contributed by atoms with van der Waals surface area (Å²) in [6, 6.07) is 0. The molecule has 112 valence electrons. The van der Waals surface area contributed by atoms with E-state index in [0.29, 0.717) is 11.1 Å². The molecule has 2 N–H and O–H groups in total. The zero-order chi connectivity index (χ0) is 14.9. The summed E-state index contributed by atoms with van der Waals surface area (Å²) >= 11 is 5.98. The fourth-order valence-electron chi connectivity index (χ4n) is 2.95. The van der Waals surface area contributed by atoms with Crippen LogP contribution in [0.1, 0.15) is 45.7 Å². The predicted octanol–water partition coefficient (Wildman–Crippen LogP) is 3.67. The van der Waals surface area contributed by atoms with E-state index in [1.165, 1.54) is 19.3 Å². The van der Waals surface area contributed by atoms with Crippen molar-refractivity contribution < 1.29 is 0 Å². The topological polar surface area (TPSA) is 55.0 Å². The highest BCUT2D eigenvalue weighted by Gasteiger charge is 2.28. The van der Waals surface area contributed by atoms with Gasteiger partial charge in [0.25, 0.3) is 0 Å². The first kappa shape index (κ1) is 15.4. The van der Waals surface area contributed by atoms with Crippen molar-refractivity contribution >= 4 is 23.1 Å². The summed E-state index contributed by atoms with van der Waals surface area (Å²) < 4.78 is 0. The van der Waals surface area contributed by atoms with Crippen LogP contribution in [0, 0.1) is 18.3 Å². The Bertz CT molecular complexity index is 481. The molecule has 4 nitrogen and oxygen atoms in total. The molecule has 2 rings (SSSR count). The normalized spacial score (nSPS) is 20.9. The van der Waals surface area contributed by atoms with Gasteiger partial charge >= 0.3 is 0 Å². The Balaban J connectivity index is 2.19. The molecule has 0 amide bonds. The third-order valence-electron chi connectivity index (χ3n) is 4.34. The van der Waals surface area contributed by atoms with Gasteiger partial charge in [-0.15, -0.1) is 0 Å². The molecule has 1 aliphatic rings. The summed E-state index contributed by atoms with van der Waals surface area (Å²) in [6.45, 7) is 10.8. The molecular formula is C15H25ClN4. The molecule has 5 heteroatoms. The molecular weight excluding hydrogens is 272 g/mol. The quantitative estimate of drug-likeness (QED) is 0.803. The van der Waals surface area contributed by atoms with Crippen molar-refractivity contribution in [3.8, 4) is 0 Å². The number of hydrogen-bond donors (Lipinski definition) is 1. The summed E-state index contributed by atoms with van der Waals surface area (Å²) in [7, 11) is 0. The highest BCUT2D eigenvalue weighted by molar-refractivity contribution is 6.28. The molecule has 1 atom stereocenters. The van der Waals surface area contributed by atoms with Crippen molar-refractivity contribution in [1.29, 1.82) is 0 Å². The lowest BCUT2D eigenvalue weighted by Crippen LogP contribution is -2.28. The number of aromatic nitrogens is 2. The zero-order valence-corrected chi connectivity index (χ0v) is 13.7. The van der Waals surface area contributed by atoms with Crippen molar-refractivity contribution in [2.75, 3.05) is 23.7 Å². The van der Waals surface area contributed by atoms with Crippen LogP contribution >= 0.6 is 11.6 Å². The number of hydrogen-bond acceptors (Lipinski definition) is 4. The van der Waals surface area contributed by atoms with Crippen molar-refractivity contribution in [1.82, 2.24) is 9.97 Å². The minimum absolute atomic E-state index is 0.281. The van der Waals surface area contributed by atoms with Gasteiger partial charge in [0.05, 0.1) is 11.4 Å². The molecule has 1 unspecified atom stereocenters. The molecule has 1 fully saturated rings. The van der Waals surface area contributed by atoms with E-state index < -0.39 is 0 Å². The van der Waals surface area contributed by atoms with Crippen LogP contribution in [0.3, 0.4) is 0 Å². The Labute approximate surface area is 126 Å². The molecule has 0 radical (unpaired) electrons. The Morgan fingerprint density at radius 1 is 1.20 bits per heavy atom. The molecule has 1 aromatic rings. The summed E-state index contributed by atoms with van der Waals surface area (Å²) in [5.74, 6) is 1.55. The van der Waals surface area contributed by atoms with Gasteiger partial charge in [0.2, 0.25) is 5.28 Å². The minimum atomic E-state index is 0.281. The summed E-state index contributed by atoms with van der Waals surface area (Å²) in [4.78, 5) is 10.7. The Kier molecular flexibility index (Phi) is 4.43. The van der Waals surface area contributed by atoms with E-state index in [0.717, 1.165) is 30.5 Å². The van der Waals surface area contributed by atoms with E-state index in [1.807, 2.05) is 6.92 Å². The Hall–Kier alpha value is -1.03. The third-order valence-corrected chi connectivity index (χ3v) is 4.51. The number of nitrogens with two attached hydrogens (primary N) is 1. The van der Waals surface area contributed by atoms with Gasteiger partial charge in [-0.25, -0.2) is 4.98 Å². The molecule has 0 aliphatic carbocycles. The molecule has 1 saturated heterocycles. The number of aryl methyl sites for hydroxylation is 1. The van der Waals surface area contributed by atoms with Gasteiger partial charge in [-0.1, -0.05) is 20.8 Å². The first-order valence-electron chi connectivity index (χ1n) is 7.33. The van der Waals surface area contributed by atoms with Crippen molar-refractivity contribution in [3.05, 3.63) is 11.0 Å². The van der Waals surface area contributed by atoms with Gasteiger partial charge in [-0.05, 0) is 49.1 Å².